The van der Waals surface area contributed by atoms with Gasteiger partial charge >= 0.3 is 0 Å². The summed E-state index contributed by atoms with van der Waals surface area (Å²) in [6.45, 7) is 3.25. The Morgan fingerprint density at radius 1 is 1.31 bits per heavy atom. The summed E-state index contributed by atoms with van der Waals surface area (Å²) in [6, 6.07) is 3.85. The summed E-state index contributed by atoms with van der Waals surface area (Å²) in [4.78, 5) is 0. The van der Waals surface area contributed by atoms with Gasteiger partial charge in [0.15, 0.2) is 0 Å². The summed E-state index contributed by atoms with van der Waals surface area (Å²) < 4.78 is 31.6. The smallest absolute Gasteiger partial charge is 0.126 e. The van der Waals surface area contributed by atoms with E-state index in [1.54, 1.807) is 0 Å². The van der Waals surface area contributed by atoms with Gasteiger partial charge in [0.2, 0.25) is 0 Å². The number of nitrogens with one attached hydrogen (secondary N) is 1. The van der Waals surface area contributed by atoms with Crippen LogP contribution in [0, 0.1) is 11.6 Å². The molecule has 0 saturated carbocycles. The Morgan fingerprint density at radius 3 is 2.50 bits per heavy atom. The second kappa shape index (κ2) is 4.89. The minimum absolute atomic E-state index is 0.256. The zero-order chi connectivity index (χ0) is 11.5. The second-order valence-electron chi connectivity index (χ2n) is 4.04. The second-order valence-corrected chi connectivity index (χ2v) is 4.04. The lowest BCUT2D eigenvalue weighted by atomic mass is 10.1. The topological polar surface area (TPSA) is 21.3 Å². The lowest BCUT2D eigenvalue weighted by molar-refractivity contribution is 0.00192. The van der Waals surface area contributed by atoms with E-state index in [0.29, 0.717) is 24.8 Å². The summed E-state index contributed by atoms with van der Waals surface area (Å²) in [6.07, 6.45) is 0.734. The van der Waals surface area contributed by atoms with E-state index in [1.165, 1.54) is 12.1 Å². The van der Waals surface area contributed by atoms with E-state index < -0.39 is 11.6 Å². The highest BCUT2D eigenvalue weighted by Crippen LogP contribution is 2.22. The SMILES string of the molecule is CCC1COC(c2cc(F)cc(F)c2)CN1. The average Bonchev–Trinajstić information content (AvgIpc) is 2.28. The monoisotopic (exact) mass is 227 g/mol. The van der Waals surface area contributed by atoms with Crippen LogP contribution in [-0.2, 0) is 4.74 Å². The van der Waals surface area contributed by atoms with Crippen molar-refractivity contribution >= 4 is 0 Å². The number of halogens is 2. The molecule has 4 heteroatoms. The quantitative estimate of drug-likeness (QED) is 0.837. The normalized spacial score (nSPS) is 25.7. The van der Waals surface area contributed by atoms with E-state index >= 15 is 0 Å². The van der Waals surface area contributed by atoms with E-state index in [4.69, 9.17) is 4.74 Å². The van der Waals surface area contributed by atoms with Crippen molar-refractivity contribution in [2.24, 2.45) is 0 Å². The fourth-order valence-electron chi connectivity index (χ4n) is 1.86. The fraction of sp³-hybridized carbons (Fsp3) is 0.500. The van der Waals surface area contributed by atoms with Gasteiger partial charge in [-0.25, -0.2) is 8.78 Å². The van der Waals surface area contributed by atoms with E-state index in [-0.39, 0.29) is 6.10 Å². The Labute approximate surface area is 93.6 Å². The summed E-state index contributed by atoms with van der Waals surface area (Å²) in [5.74, 6) is -1.12. The first-order valence-electron chi connectivity index (χ1n) is 5.50. The Hall–Kier alpha value is -1.00. The maximum Gasteiger partial charge on any atom is 0.126 e. The first-order chi connectivity index (χ1) is 7.69. The van der Waals surface area contributed by atoms with Crippen LogP contribution in [0.3, 0.4) is 0 Å². The Morgan fingerprint density at radius 2 is 2.00 bits per heavy atom. The lowest BCUT2D eigenvalue weighted by Gasteiger charge is -2.30. The highest BCUT2D eigenvalue weighted by Gasteiger charge is 2.21. The molecular formula is C12H15F2NO. The maximum atomic E-state index is 13.0. The molecule has 0 amide bonds. The molecule has 88 valence electrons. The van der Waals surface area contributed by atoms with Crippen LogP contribution in [0.1, 0.15) is 25.0 Å². The van der Waals surface area contributed by atoms with Gasteiger partial charge in [-0.2, -0.15) is 0 Å². The molecule has 1 aliphatic rings. The molecular weight excluding hydrogens is 212 g/mol. The highest BCUT2D eigenvalue weighted by molar-refractivity contribution is 5.21. The summed E-state index contributed by atoms with van der Waals surface area (Å²) in [5, 5.41) is 3.29. The third-order valence-electron chi connectivity index (χ3n) is 2.84. The molecule has 0 aromatic heterocycles. The number of hydrogen-bond acceptors (Lipinski definition) is 2. The molecule has 16 heavy (non-hydrogen) atoms. The molecule has 0 radical (unpaired) electrons. The lowest BCUT2D eigenvalue weighted by Crippen LogP contribution is -2.42. The zero-order valence-corrected chi connectivity index (χ0v) is 9.17. The third kappa shape index (κ3) is 2.57. The van der Waals surface area contributed by atoms with E-state index in [1.807, 2.05) is 0 Å². The molecule has 0 aliphatic carbocycles. The molecule has 0 bridgehead atoms. The number of benzene rings is 1. The van der Waals surface area contributed by atoms with Crippen LogP contribution >= 0.6 is 0 Å². The van der Waals surface area contributed by atoms with E-state index in [2.05, 4.69) is 12.2 Å². The highest BCUT2D eigenvalue weighted by atomic mass is 19.1. The van der Waals surface area contributed by atoms with Crippen molar-refractivity contribution < 1.29 is 13.5 Å². The van der Waals surface area contributed by atoms with Gasteiger partial charge in [0.25, 0.3) is 0 Å². The van der Waals surface area contributed by atoms with Crippen LogP contribution in [0.5, 0.6) is 0 Å². The summed E-state index contributed by atoms with van der Waals surface area (Å²) in [5.41, 5.74) is 0.555. The van der Waals surface area contributed by atoms with Crippen LogP contribution in [-0.4, -0.2) is 19.2 Å². The number of morpholine rings is 1. The average molecular weight is 227 g/mol. The van der Waals surface area contributed by atoms with Crippen molar-refractivity contribution in [1.29, 1.82) is 0 Å². The van der Waals surface area contributed by atoms with Crippen molar-refractivity contribution in [2.45, 2.75) is 25.5 Å². The van der Waals surface area contributed by atoms with Gasteiger partial charge in [0.05, 0.1) is 12.7 Å². The first kappa shape index (κ1) is 11.5. The molecule has 1 aromatic rings. The summed E-state index contributed by atoms with van der Waals surface area (Å²) in [7, 11) is 0. The molecule has 1 saturated heterocycles. The van der Waals surface area contributed by atoms with E-state index in [0.717, 1.165) is 12.5 Å². The third-order valence-corrected chi connectivity index (χ3v) is 2.84. The molecule has 2 atom stereocenters. The predicted octanol–water partition coefficient (Wildman–Crippen LogP) is 2.40. The van der Waals surface area contributed by atoms with Gasteiger partial charge in [0.1, 0.15) is 11.6 Å². The molecule has 2 nitrogen and oxygen atoms in total. The van der Waals surface area contributed by atoms with Crippen LogP contribution in [0.2, 0.25) is 0 Å². The zero-order valence-electron chi connectivity index (χ0n) is 9.17. The van der Waals surface area contributed by atoms with Gasteiger partial charge in [-0.3, -0.25) is 0 Å². The fourth-order valence-corrected chi connectivity index (χ4v) is 1.86. The maximum absolute atomic E-state index is 13.0. The van der Waals surface area contributed by atoms with Crippen molar-refractivity contribution in [3.05, 3.63) is 35.4 Å². The first-order valence-corrected chi connectivity index (χ1v) is 5.50. The van der Waals surface area contributed by atoms with E-state index in [9.17, 15) is 8.78 Å². The van der Waals surface area contributed by atoms with Gasteiger partial charge in [0, 0.05) is 18.7 Å². The molecule has 1 N–H and O–H groups in total. The van der Waals surface area contributed by atoms with Gasteiger partial charge in [-0.05, 0) is 24.1 Å². The van der Waals surface area contributed by atoms with Gasteiger partial charge in [-0.15, -0.1) is 0 Å². The molecule has 1 aromatic carbocycles. The minimum Gasteiger partial charge on any atom is -0.371 e. The van der Waals surface area contributed by atoms with Crippen molar-refractivity contribution in [1.82, 2.24) is 5.32 Å². The van der Waals surface area contributed by atoms with Crippen LogP contribution in [0.15, 0.2) is 18.2 Å². The molecule has 1 aliphatic heterocycles. The largest absolute Gasteiger partial charge is 0.371 e. The molecule has 2 unspecified atom stereocenters. The predicted molar refractivity (Wildman–Crippen MR) is 57.1 cm³/mol. The Balaban J connectivity index is 2.08. The van der Waals surface area contributed by atoms with Crippen LogP contribution in [0.4, 0.5) is 8.78 Å². The van der Waals surface area contributed by atoms with Gasteiger partial charge < -0.3 is 10.1 Å². The van der Waals surface area contributed by atoms with Crippen molar-refractivity contribution in [3.63, 3.8) is 0 Å². The summed E-state index contributed by atoms with van der Waals surface area (Å²) >= 11 is 0. The van der Waals surface area contributed by atoms with Gasteiger partial charge in [-0.1, -0.05) is 6.92 Å². The van der Waals surface area contributed by atoms with Crippen LogP contribution < -0.4 is 5.32 Å². The van der Waals surface area contributed by atoms with Crippen molar-refractivity contribution in [3.8, 4) is 0 Å². The van der Waals surface area contributed by atoms with Crippen LogP contribution in [0.25, 0.3) is 0 Å². The number of ether oxygens (including phenoxy) is 1. The molecule has 2 rings (SSSR count). The standard InChI is InChI=1S/C12H15F2NO/c1-2-11-7-16-12(6-15-11)8-3-9(13)5-10(14)4-8/h3-5,11-12,15H,2,6-7H2,1H3. The Kier molecular flexibility index (Phi) is 3.51. The van der Waals surface area contributed by atoms with Crippen molar-refractivity contribution in [2.75, 3.05) is 13.2 Å². The number of rotatable bonds is 2. The molecule has 0 spiro atoms. The number of hydrogen-bond donors (Lipinski definition) is 1. The molecule has 1 fully saturated rings. The Bertz CT molecular complexity index is 342. The minimum atomic E-state index is -0.559. The molecule has 1 heterocycles.